The van der Waals surface area contributed by atoms with Crippen LogP contribution in [0.25, 0.3) is 0 Å². The standard InChI is InChI=1S/C28H31ClN4O6S/c1-18-15-33(19(2)17-34)28(36)23-5-4-6-24(31-27(35)20-11-13-30-14-12-20)26(23)39-25(18)16-32(3)40(37,38)22-9-7-21(29)8-10-22/h4-14,18-19,25,34H,15-17H2,1-3H3,(H,31,35)/t18-,19+,25+/m0/s1. The van der Waals surface area contributed by atoms with Gasteiger partial charge in [-0.2, -0.15) is 4.31 Å². The molecule has 2 N–H and O–H groups in total. The van der Waals surface area contributed by atoms with E-state index in [4.69, 9.17) is 16.3 Å². The molecule has 2 amide bonds. The molecular formula is C28H31ClN4O6S. The number of amides is 2. The number of halogens is 1. The van der Waals surface area contributed by atoms with Gasteiger partial charge in [0, 0.05) is 42.5 Å². The van der Waals surface area contributed by atoms with Crippen molar-refractivity contribution in [2.75, 3.05) is 32.1 Å². The molecule has 3 atom stereocenters. The Labute approximate surface area is 238 Å². The topological polar surface area (TPSA) is 129 Å². The SMILES string of the molecule is C[C@H](CO)N1C[C@H](C)[C@@H](CN(C)S(=O)(=O)c2ccc(Cl)cc2)Oc2c(NC(=O)c3ccncc3)cccc2C1=O. The number of fused-ring (bicyclic) bond motifs is 1. The van der Waals surface area contributed by atoms with Crippen molar-refractivity contribution in [3.8, 4) is 5.75 Å². The smallest absolute Gasteiger partial charge is 0.258 e. The molecule has 0 radical (unpaired) electrons. The van der Waals surface area contributed by atoms with Crippen LogP contribution in [0, 0.1) is 5.92 Å². The number of aliphatic hydroxyl groups excluding tert-OH is 1. The minimum absolute atomic E-state index is 0.0479. The van der Waals surface area contributed by atoms with Crippen molar-refractivity contribution in [1.82, 2.24) is 14.2 Å². The minimum Gasteiger partial charge on any atom is -0.486 e. The van der Waals surface area contributed by atoms with Crippen LogP contribution in [0.2, 0.25) is 5.02 Å². The number of ether oxygens (including phenoxy) is 1. The van der Waals surface area contributed by atoms with Crippen LogP contribution in [0.15, 0.2) is 71.9 Å². The van der Waals surface area contributed by atoms with Crippen molar-refractivity contribution >= 4 is 39.1 Å². The number of carbonyl (C=O) groups is 2. The van der Waals surface area contributed by atoms with Gasteiger partial charge in [-0.3, -0.25) is 14.6 Å². The number of rotatable bonds is 8. The van der Waals surface area contributed by atoms with E-state index in [-0.39, 0.29) is 53.4 Å². The number of hydrogen-bond acceptors (Lipinski definition) is 7. The molecule has 0 saturated heterocycles. The van der Waals surface area contributed by atoms with Crippen LogP contribution < -0.4 is 10.1 Å². The van der Waals surface area contributed by atoms with Crippen molar-refractivity contribution in [2.45, 2.75) is 30.9 Å². The number of likely N-dealkylation sites (N-methyl/N-ethyl adjacent to an activating group) is 1. The fourth-order valence-electron chi connectivity index (χ4n) is 4.40. The quantitative estimate of drug-likeness (QED) is 0.413. The highest BCUT2D eigenvalue weighted by Crippen LogP contribution is 2.35. The monoisotopic (exact) mass is 586 g/mol. The maximum atomic E-state index is 13.6. The van der Waals surface area contributed by atoms with E-state index in [1.54, 1.807) is 42.2 Å². The number of sulfonamides is 1. The van der Waals surface area contributed by atoms with Gasteiger partial charge >= 0.3 is 0 Å². The molecule has 40 heavy (non-hydrogen) atoms. The van der Waals surface area contributed by atoms with Crippen LogP contribution in [0.1, 0.15) is 34.6 Å². The molecule has 2 heterocycles. The summed E-state index contributed by atoms with van der Waals surface area (Å²) in [6.45, 7) is 3.48. The number of aromatic nitrogens is 1. The lowest BCUT2D eigenvalue weighted by atomic mass is 9.99. The molecule has 0 spiro atoms. The molecule has 0 saturated carbocycles. The lowest BCUT2D eigenvalue weighted by Gasteiger charge is -2.38. The van der Waals surface area contributed by atoms with Gasteiger partial charge < -0.3 is 20.1 Å². The number of nitrogens with one attached hydrogen (secondary N) is 1. The maximum absolute atomic E-state index is 13.6. The summed E-state index contributed by atoms with van der Waals surface area (Å²) < 4.78 is 34.3. The van der Waals surface area contributed by atoms with Crippen LogP contribution in [0.5, 0.6) is 5.75 Å². The molecule has 1 aliphatic heterocycles. The average Bonchev–Trinajstić information content (AvgIpc) is 2.95. The van der Waals surface area contributed by atoms with Gasteiger partial charge in [-0.1, -0.05) is 24.6 Å². The molecule has 1 aromatic heterocycles. The van der Waals surface area contributed by atoms with Crippen molar-refractivity contribution in [2.24, 2.45) is 5.92 Å². The van der Waals surface area contributed by atoms with Crippen molar-refractivity contribution < 1.29 is 27.9 Å². The summed E-state index contributed by atoms with van der Waals surface area (Å²) in [5.41, 5.74) is 0.804. The van der Waals surface area contributed by atoms with Crippen LogP contribution in [0.4, 0.5) is 5.69 Å². The Balaban J connectivity index is 1.72. The van der Waals surface area contributed by atoms with E-state index in [2.05, 4.69) is 10.3 Å². The van der Waals surface area contributed by atoms with Crippen LogP contribution in [0.3, 0.4) is 0 Å². The maximum Gasteiger partial charge on any atom is 0.258 e. The lowest BCUT2D eigenvalue weighted by Crippen LogP contribution is -2.50. The predicted molar refractivity (Wildman–Crippen MR) is 151 cm³/mol. The summed E-state index contributed by atoms with van der Waals surface area (Å²) in [4.78, 5) is 32.2. The highest BCUT2D eigenvalue weighted by Gasteiger charge is 2.36. The van der Waals surface area contributed by atoms with Gasteiger partial charge in [0.1, 0.15) is 6.10 Å². The Morgan fingerprint density at radius 3 is 2.52 bits per heavy atom. The van der Waals surface area contributed by atoms with E-state index in [1.807, 2.05) is 6.92 Å². The zero-order valence-electron chi connectivity index (χ0n) is 22.3. The first-order valence-electron chi connectivity index (χ1n) is 12.7. The molecule has 0 bridgehead atoms. The first-order valence-corrected chi connectivity index (χ1v) is 14.5. The number of hydrogen-bond donors (Lipinski definition) is 2. The first kappa shape index (κ1) is 29.5. The number of nitrogens with zero attached hydrogens (tertiary/aromatic N) is 3. The summed E-state index contributed by atoms with van der Waals surface area (Å²) in [7, 11) is -2.43. The van der Waals surface area contributed by atoms with Gasteiger partial charge in [0.05, 0.1) is 35.3 Å². The van der Waals surface area contributed by atoms with Crippen LogP contribution in [-0.2, 0) is 10.0 Å². The molecule has 212 valence electrons. The number of aliphatic hydroxyl groups is 1. The molecule has 0 fully saturated rings. The van der Waals surface area contributed by atoms with Gasteiger partial charge in [0.25, 0.3) is 11.8 Å². The molecule has 1 aliphatic rings. The molecule has 0 unspecified atom stereocenters. The molecule has 3 aromatic rings. The van der Waals surface area contributed by atoms with Crippen LogP contribution >= 0.6 is 11.6 Å². The van der Waals surface area contributed by atoms with Gasteiger partial charge in [0.2, 0.25) is 10.0 Å². The number of benzene rings is 2. The van der Waals surface area contributed by atoms with E-state index >= 15 is 0 Å². The minimum atomic E-state index is -3.89. The van der Waals surface area contributed by atoms with E-state index in [1.165, 1.54) is 48.0 Å². The Morgan fingerprint density at radius 1 is 1.20 bits per heavy atom. The Kier molecular flexibility index (Phi) is 9.09. The Hall–Kier alpha value is -3.51. The normalized spacial score (nSPS) is 18.4. The summed E-state index contributed by atoms with van der Waals surface area (Å²) in [5, 5.41) is 13.1. The van der Waals surface area contributed by atoms with Crippen molar-refractivity contribution in [1.29, 1.82) is 0 Å². The fraction of sp³-hybridized carbons (Fsp3) is 0.321. The van der Waals surface area contributed by atoms with Crippen LogP contribution in [-0.4, -0.2) is 78.4 Å². The lowest BCUT2D eigenvalue weighted by molar-refractivity contribution is 0.0388. The zero-order valence-corrected chi connectivity index (χ0v) is 23.9. The van der Waals surface area contributed by atoms with Gasteiger partial charge in [0.15, 0.2) is 5.75 Å². The van der Waals surface area contributed by atoms with E-state index in [0.29, 0.717) is 10.6 Å². The molecule has 10 nitrogen and oxygen atoms in total. The molecule has 0 aliphatic carbocycles. The van der Waals surface area contributed by atoms with Crippen molar-refractivity contribution in [3.05, 3.63) is 83.1 Å². The van der Waals surface area contributed by atoms with E-state index in [0.717, 1.165) is 0 Å². The third-order valence-corrected chi connectivity index (χ3v) is 8.93. The Bertz CT molecular complexity index is 1470. The predicted octanol–water partition coefficient (Wildman–Crippen LogP) is 3.53. The fourth-order valence-corrected chi connectivity index (χ4v) is 5.70. The summed E-state index contributed by atoms with van der Waals surface area (Å²) in [5.74, 6) is -1.03. The molecule has 2 aromatic carbocycles. The average molecular weight is 587 g/mol. The summed E-state index contributed by atoms with van der Waals surface area (Å²) >= 11 is 5.94. The molecule has 12 heteroatoms. The van der Waals surface area contributed by atoms with E-state index in [9.17, 15) is 23.1 Å². The second-order valence-corrected chi connectivity index (χ2v) is 12.2. The Morgan fingerprint density at radius 2 is 1.88 bits per heavy atom. The zero-order chi connectivity index (χ0) is 29.0. The van der Waals surface area contributed by atoms with Gasteiger partial charge in [-0.05, 0) is 55.5 Å². The summed E-state index contributed by atoms with van der Waals surface area (Å²) in [6.07, 6.45) is 2.27. The summed E-state index contributed by atoms with van der Waals surface area (Å²) in [6, 6.07) is 13.3. The van der Waals surface area contributed by atoms with Gasteiger partial charge in [-0.15, -0.1) is 0 Å². The van der Waals surface area contributed by atoms with Crippen molar-refractivity contribution in [3.63, 3.8) is 0 Å². The second-order valence-electron chi connectivity index (χ2n) is 9.73. The van der Waals surface area contributed by atoms with Gasteiger partial charge in [-0.25, -0.2) is 8.42 Å². The number of anilines is 1. The molecular weight excluding hydrogens is 556 g/mol. The number of carbonyl (C=O) groups excluding carboxylic acids is 2. The number of para-hydroxylation sites is 1. The first-order chi connectivity index (χ1) is 19.0. The second kappa shape index (κ2) is 12.3. The number of pyridine rings is 1. The molecule has 4 rings (SSSR count). The third kappa shape index (κ3) is 6.28. The third-order valence-electron chi connectivity index (χ3n) is 6.84. The largest absolute Gasteiger partial charge is 0.486 e. The van der Waals surface area contributed by atoms with E-state index < -0.39 is 28.1 Å². The highest BCUT2D eigenvalue weighted by atomic mass is 35.5. The highest BCUT2D eigenvalue weighted by molar-refractivity contribution is 7.89.